The van der Waals surface area contributed by atoms with Gasteiger partial charge in [0, 0.05) is 37.6 Å². The summed E-state index contributed by atoms with van der Waals surface area (Å²) in [5, 5.41) is 0. The topological polar surface area (TPSA) is 91.4 Å². The smallest absolute Gasteiger partial charge is 0.280 e. The summed E-state index contributed by atoms with van der Waals surface area (Å²) in [5.74, 6) is 1.47. The molecule has 2 heterocycles. The zero-order valence-corrected chi connectivity index (χ0v) is 16.2. The second-order valence-electron chi connectivity index (χ2n) is 7.05. The van der Waals surface area contributed by atoms with Crippen LogP contribution in [0.15, 0.2) is 38.5 Å². The zero-order valence-electron chi connectivity index (χ0n) is 15.4. The Bertz CT molecular complexity index is 1200. The van der Waals surface area contributed by atoms with Gasteiger partial charge in [0.05, 0.1) is 11.5 Å². The van der Waals surface area contributed by atoms with Crippen LogP contribution in [-0.4, -0.2) is 30.8 Å². The van der Waals surface area contributed by atoms with E-state index in [0.29, 0.717) is 40.9 Å². The molecule has 1 fully saturated rings. The van der Waals surface area contributed by atoms with Crippen LogP contribution in [0.1, 0.15) is 18.7 Å². The molecular weight excluding hydrogens is 368 g/mol. The lowest BCUT2D eigenvalue weighted by Gasteiger charge is -2.14. The van der Waals surface area contributed by atoms with Crippen molar-refractivity contribution in [1.29, 1.82) is 0 Å². The molecule has 1 aliphatic carbocycles. The van der Waals surface area contributed by atoms with Gasteiger partial charge in [-0.05, 0) is 37.0 Å². The van der Waals surface area contributed by atoms with Crippen molar-refractivity contribution >= 4 is 20.9 Å². The van der Waals surface area contributed by atoms with E-state index in [2.05, 4.69) is 4.98 Å². The number of aryl methyl sites for hydroxylation is 2. The predicted molar refractivity (Wildman–Crippen MR) is 101 cm³/mol. The van der Waals surface area contributed by atoms with E-state index in [1.54, 1.807) is 32.3 Å². The van der Waals surface area contributed by atoms with Gasteiger partial charge in [0.15, 0.2) is 26.8 Å². The maximum Gasteiger partial charge on any atom is 0.280 e. The summed E-state index contributed by atoms with van der Waals surface area (Å²) in [6, 6.07) is 4.76. The highest BCUT2D eigenvalue weighted by Gasteiger charge is 2.24. The van der Waals surface area contributed by atoms with Crippen molar-refractivity contribution in [1.82, 2.24) is 9.55 Å². The summed E-state index contributed by atoms with van der Waals surface area (Å²) in [4.78, 5) is 16.7. The second kappa shape index (κ2) is 6.23. The van der Waals surface area contributed by atoms with E-state index in [9.17, 15) is 13.2 Å². The summed E-state index contributed by atoms with van der Waals surface area (Å²) < 4.78 is 37.2. The van der Waals surface area contributed by atoms with Crippen LogP contribution in [0.4, 0.5) is 0 Å². The summed E-state index contributed by atoms with van der Waals surface area (Å²) >= 11 is 0. The number of oxazole rings is 1. The van der Waals surface area contributed by atoms with E-state index in [0.717, 1.165) is 19.1 Å². The Morgan fingerprint density at radius 1 is 1.30 bits per heavy atom. The molecule has 142 valence electrons. The first-order chi connectivity index (χ1) is 12.7. The molecule has 0 bridgehead atoms. The number of aromatic nitrogens is 2. The molecule has 8 heteroatoms. The SMILES string of the molecule is Cc1nc2c(=O)n(C)cc(-c3cc(S(C)(=O)=O)ccc3OCC3CC3)c2o1. The third kappa shape index (κ3) is 3.37. The number of fused-ring (bicyclic) bond motifs is 1. The molecule has 0 atom stereocenters. The highest BCUT2D eigenvalue weighted by molar-refractivity contribution is 7.90. The van der Waals surface area contributed by atoms with Crippen molar-refractivity contribution in [3.05, 3.63) is 40.6 Å². The summed E-state index contributed by atoms with van der Waals surface area (Å²) in [7, 11) is -1.78. The molecule has 0 radical (unpaired) electrons. The fourth-order valence-electron chi connectivity index (χ4n) is 2.99. The minimum absolute atomic E-state index is 0.175. The van der Waals surface area contributed by atoms with Gasteiger partial charge in [0.25, 0.3) is 5.56 Å². The molecular formula is C19H20N2O5S. The summed E-state index contributed by atoms with van der Waals surface area (Å²) in [5.41, 5.74) is 1.41. The highest BCUT2D eigenvalue weighted by atomic mass is 32.2. The molecule has 0 N–H and O–H groups in total. The number of ether oxygens (including phenoxy) is 1. The first-order valence-corrected chi connectivity index (χ1v) is 10.6. The van der Waals surface area contributed by atoms with E-state index in [4.69, 9.17) is 9.15 Å². The Morgan fingerprint density at radius 3 is 2.70 bits per heavy atom. The quantitative estimate of drug-likeness (QED) is 0.667. The fraction of sp³-hybridized carbons (Fsp3) is 0.368. The van der Waals surface area contributed by atoms with Crippen LogP contribution in [0.2, 0.25) is 0 Å². The van der Waals surface area contributed by atoms with Gasteiger partial charge in [-0.1, -0.05) is 0 Å². The Labute approximate surface area is 156 Å². The molecule has 0 amide bonds. The average molecular weight is 388 g/mol. The molecule has 2 aromatic heterocycles. The average Bonchev–Trinajstić information content (AvgIpc) is 3.35. The number of hydrogen-bond acceptors (Lipinski definition) is 6. The molecule has 1 aromatic carbocycles. The van der Waals surface area contributed by atoms with Gasteiger partial charge in [-0.2, -0.15) is 0 Å². The third-order valence-corrected chi connectivity index (χ3v) is 5.78. The maximum atomic E-state index is 12.4. The largest absolute Gasteiger partial charge is 0.493 e. The van der Waals surface area contributed by atoms with Gasteiger partial charge in [-0.3, -0.25) is 4.79 Å². The van der Waals surface area contributed by atoms with E-state index in [-0.39, 0.29) is 16.0 Å². The summed E-state index contributed by atoms with van der Waals surface area (Å²) in [6.45, 7) is 2.25. The van der Waals surface area contributed by atoms with E-state index >= 15 is 0 Å². The Balaban J connectivity index is 1.97. The van der Waals surface area contributed by atoms with Gasteiger partial charge in [-0.15, -0.1) is 0 Å². The number of rotatable bonds is 5. The normalized spacial score (nSPS) is 14.6. The Hall–Kier alpha value is -2.61. The minimum Gasteiger partial charge on any atom is -0.493 e. The fourth-order valence-corrected chi connectivity index (χ4v) is 3.64. The van der Waals surface area contributed by atoms with Crippen LogP contribution < -0.4 is 10.3 Å². The molecule has 7 nitrogen and oxygen atoms in total. The Kier molecular flexibility index (Phi) is 4.10. The minimum atomic E-state index is -3.41. The van der Waals surface area contributed by atoms with Gasteiger partial charge < -0.3 is 13.7 Å². The molecule has 1 aliphatic rings. The summed E-state index contributed by atoms with van der Waals surface area (Å²) in [6.07, 6.45) is 5.07. The van der Waals surface area contributed by atoms with E-state index in [1.165, 1.54) is 10.6 Å². The van der Waals surface area contributed by atoms with Crippen molar-refractivity contribution < 1.29 is 17.6 Å². The van der Waals surface area contributed by atoms with E-state index in [1.807, 2.05) is 0 Å². The second-order valence-corrected chi connectivity index (χ2v) is 9.07. The molecule has 3 aromatic rings. The highest BCUT2D eigenvalue weighted by Crippen LogP contribution is 2.38. The van der Waals surface area contributed by atoms with Crippen molar-refractivity contribution in [2.75, 3.05) is 12.9 Å². The number of hydrogen-bond donors (Lipinski definition) is 0. The first kappa shape index (κ1) is 17.8. The van der Waals surface area contributed by atoms with Crippen molar-refractivity contribution in [3.8, 4) is 16.9 Å². The van der Waals surface area contributed by atoms with Crippen LogP contribution in [-0.2, 0) is 16.9 Å². The monoisotopic (exact) mass is 388 g/mol. The maximum absolute atomic E-state index is 12.4. The standard InChI is InChI=1S/C19H20N2O5S/c1-11-20-17-18(26-11)15(9-21(2)19(17)22)14-8-13(27(3,23)24)6-7-16(14)25-10-12-4-5-12/h6-9,12H,4-5,10H2,1-3H3. The van der Waals surface area contributed by atoms with Crippen LogP contribution in [0, 0.1) is 12.8 Å². The van der Waals surface area contributed by atoms with Crippen molar-refractivity contribution in [2.45, 2.75) is 24.7 Å². The lowest BCUT2D eigenvalue weighted by atomic mass is 10.1. The molecule has 0 saturated heterocycles. The van der Waals surface area contributed by atoms with Gasteiger partial charge >= 0.3 is 0 Å². The number of pyridine rings is 1. The Morgan fingerprint density at radius 2 is 2.04 bits per heavy atom. The number of nitrogens with zero attached hydrogens (tertiary/aromatic N) is 2. The number of benzene rings is 1. The van der Waals surface area contributed by atoms with Crippen LogP contribution in [0.25, 0.3) is 22.2 Å². The molecule has 4 rings (SSSR count). The lowest BCUT2D eigenvalue weighted by molar-refractivity contribution is 0.301. The molecule has 27 heavy (non-hydrogen) atoms. The van der Waals surface area contributed by atoms with Gasteiger partial charge in [0.2, 0.25) is 0 Å². The lowest BCUT2D eigenvalue weighted by Crippen LogP contribution is -2.16. The van der Waals surface area contributed by atoms with Crippen LogP contribution in [0.3, 0.4) is 0 Å². The predicted octanol–water partition coefficient (Wildman–Crippen LogP) is 2.69. The molecule has 0 aliphatic heterocycles. The third-order valence-electron chi connectivity index (χ3n) is 4.67. The molecule has 0 unspecified atom stereocenters. The van der Waals surface area contributed by atoms with E-state index < -0.39 is 9.84 Å². The van der Waals surface area contributed by atoms with Gasteiger partial charge in [-0.25, -0.2) is 13.4 Å². The number of sulfone groups is 1. The van der Waals surface area contributed by atoms with Gasteiger partial charge in [0.1, 0.15) is 5.75 Å². The van der Waals surface area contributed by atoms with Crippen molar-refractivity contribution in [3.63, 3.8) is 0 Å². The molecule has 1 saturated carbocycles. The molecule has 0 spiro atoms. The first-order valence-electron chi connectivity index (χ1n) is 8.68. The van der Waals surface area contributed by atoms with Crippen molar-refractivity contribution in [2.24, 2.45) is 13.0 Å². The van der Waals surface area contributed by atoms with Crippen LogP contribution in [0.5, 0.6) is 5.75 Å². The zero-order chi connectivity index (χ0) is 19.3. The van der Waals surface area contributed by atoms with Crippen LogP contribution >= 0.6 is 0 Å².